The zero-order chi connectivity index (χ0) is 13.1. The number of hydrogen-bond acceptors (Lipinski definition) is 2. The second kappa shape index (κ2) is 5.72. The molecule has 1 aromatic carbocycles. The van der Waals surface area contributed by atoms with Crippen molar-refractivity contribution in [1.29, 1.82) is 0 Å². The van der Waals surface area contributed by atoms with Crippen molar-refractivity contribution in [1.82, 2.24) is 9.55 Å². The van der Waals surface area contributed by atoms with Gasteiger partial charge in [-0.05, 0) is 31.0 Å². The van der Waals surface area contributed by atoms with E-state index in [9.17, 15) is 0 Å². The molecule has 2 aromatic rings. The Labute approximate surface area is 113 Å². The summed E-state index contributed by atoms with van der Waals surface area (Å²) in [6, 6.07) is 6.58. The lowest BCUT2D eigenvalue weighted by Gasteiger charge is -2.19. The van der Waals surface area contributed by atoms with Crippen LogP contribution >= 0.6 is 11.6 Å². The van der Waals surface area contributed by atoms with Crippen molar-refractivity contribution in [2.75, 3.05) is 13.7 Å². The van der Waals surface area contributed by atoms with E-state index in [1.165, 1.54) is 5.56 Å². The highest BCUT2D eigenvalue weighted by molar-refractivity contribution is 6.16. The van der Waals surface area contributed by atoms with Crippen LogP contribution in [-0.4, -0.2) is 23.3 Å². The van der Waals surface area contributed by atoms with E-state index in [4.69, 9.17) is 16.3 Å². The Hall–Kier alpha value is -1.06. The smallest absolute Gasteiger partial charge is 0.125 e. The fourth-order valence-corrected chi connectivity index (χ4v) is 2.51. The first-order valence-electron chi connectivity index (χ1n) is 6.23. The van der Waals surface area contributed by atoms with Crippen LogP contribution in [0.2, 0.25) is 0 Å². The number of methoxy groups -OCH3 is 1. The number of alkyl halides is 1. The largest absolute Gasteiger partial charge is 0.383 e. The molecule has 0 radical (unpaired) electrons. The number of nitrogens with zero attached hydrogens (tertiary/aromatic N) is 2. The minimum Gasteiger partial charge on any atom is -0.383 e. The molecule has 1 heterocycles. The van der Waals surface area contributed by atoms with Crippen molar-refractivity contribution in [2.24, 2.45) is 0 Å². The zero-order valence-electron chi connectivity index (χ0n) is 11.1. The van der Waals surface area contributed by atoms with E-state index < -0.39 is 0 Å². The average molecular weight is 267 g/mol. The molecule has 0 N–H and O–H groups in total. The van der Waals surface area contributed by atoms with Gasteiger partial charge in [0.15, 0.2) is 0 Å². The van der Waals surface area contributed by atoms with Gasteiger partial charge in [-0.1, -0.05) is 13.0 Å². The third-order valence-corrected chi connectivity index (χ3v) is 3.47. The molecule has 0 saturated heterocycles. The molecule has 0 amide bonds. The Kier molecular flexibility index (Phi) is 4.25. The molecule has 1 unspecified atom stereocenters. The number of imidazole rings is 1. The van der Waals surface area contributed by atoms with Crippen LogP contribution in [0.5, 0.6) is 0 Å². The number of aromatic nitrogens is 2. The highest BCUT2D eigenvalue weighted by Gasteiger charge is 2.17. The summed E-state index contributed by atoms with van der Waals surface area (Å²) in [4.78, 5) is 4.60. The summed E-state index contributed by atoms with van der Waals surface area (Å²) in [7, 11) is 1.73. The molecule has 3 nitrogen and oxygen atoms in total. The molecule has 4 heteroatoms. The van der Waals surface area contributed by atoms with E-state index in [-0.39, 0.29) is 6.04 Å². The first kappa shape index (κ1) is 13.4. The van der Waals surface area contributed by atoms with Crippen molar-refractivity contribution in [3.8, 4) is 0 Å². The van der Waals surface area contributed by atoms with Crippen LogP contribution in [0.25, 0.3) is 11.0 Å². The third-order valence-electron chi connectivity index (χ3n) is 3.23. The van der Waals surface area contributed by atoms with Crippen molar-refractivity contribution in [3.05, 3.63) is 29.6 Å². The molecule has 0 aliphatic rings. The molecule has 1 aromatic heterocycles. The van der Waals surface area contributed by atoms with Crippen LogP contribution in [0.4, 0.5) is 0 Å². The van der Waals surface area contributed by atoms with E-state index >= 15 is 0 Å². The minimum absolute atomic E-state index is 0.288. The Balaban J connectivity index is 2.60. The quantitative estimate of drug-likeness (QED) is 0.772. The van der Waals surface area contributed by atoms with Gasteiger partial charge >= 0.3 is 0 Å². The molecule has 1 atom stereocenters. The average Bonchev–Trinajstić information content (AvgIpc) is 2.73. The Morgan fingerprint density at radius 3 is 2.83 bits per heavy atom. The molecule has 2 rings (SSSR count). The maximum atomic E-state index is 6.02. The SMILES string of the molecule is CCC(COC)n1c(CCl)nc2ccc(C)cc21. The van der Waals surface area contributed by atoms with Crippen LogP contribution in [0.1, 0.15) is 30.8 Å². The van der Waals surface area contributed by atoms with Gasteiger partial charge in [0, 0.05) is 7.11 Å². The maximum Gasteiger partial charge on any atom is 0.125 e. The third kappa shape index (κ3) is 2.38. The van der Waals surface area contributed by atoms with Crippen LogP contribution in [0.15, 0.2) is 18.2 Å². The van der Waals surface area contributed by atoms with Crippen LogP contribution < -0.4 is 0 Å². The van der Waals surface area contributed by atoms with Gasteiger partial charge in [-0.25, -0.2) is 4.98 Å². The molecular weight excluding hydrogens is 248 g/mol. The number of ether oxygens (including phenoxy) is 1. The second-order valence-electron chi connectivity index (χ2n) is 4.54. The molecule has 0 aliphatic heterocycles. The van der Waals surface area contributed by atoms with Crippen LogP contribution in [0.3, 0.4) is 0 Å². The number of fused-ring (bicyclic) bond motifs is 1. The van der Waals surface area contributed by atoms with Crippen molar-refractivity contribution in [2.45, 2.75) is 32.2 Å². The molecule has 0 fully saturated rings. The summed E-state index contributed by atoms with van der Waals surface area (Å²) >= 11 is 6.02. The summed E-state index contributed by atoms with van der Waals surface area (Å²) in [5.41, 5.74) is 3.39. The van der Waals surface area contributed by atoms with E-state index in [1.54, 1.807) is 7.11 Å². The van der Waals surface area contributed by atoms with Gasteiger partial charge in [0.05, 0.1) is 29.6 Å². The normalized spacial score (nSPS) is 13.1. The highest BCUT2D eigenvalue weighted by Crippen LogP contribution is 2.25. The lowest BCUT2D eigenvalue weighted by atomic mass is 10.2. The molecule has 0 bridgehead atoms. The fraction of sp³-hybridized carbons (Fsp3) is 0.500. The monoisotopic (exact) mass is 266 g/mol. The van der Waals surface area contributed by atoms with Crippen molar-refractivity contribution >= 4 is 22.6 Å². The standard InChI is InChI=1S/C14H19ClN2O/c1-4-11(9-18-3)17-13-7-10(2)5-6-12(13)16-14(17)8-15/h5-7,11H,4,8-9H2,1-3H3. The van der Waals surface area contributed by atoms with E-state index in [0.29, 0.717) is 12.5 Å². The van der Waals surface area contributed by atoms with Gasteiger partial charge in [-0.3, -0.25) is 0 Å². The van der Waals surface area contributed by atoms with Crippen LogP contribution in [0, 0.1) is 6.92 Å². The number of benzene rings is 1. The Morgan fingerprint density at radius 2 is 2.22 bits per heavy atom. The highest BCUT2D eigenvalue weighted by atomic mass is 35.5. The Morgan fingerprint density at radius 1 is 1.44 bits per heavy atom. The predicted molar refractivity (Wildman–Crippen MR) is 75.2 cm³/mol. The first-order chi connectivity index (χ1) is 8.71. The summed E-state index contributed by atoms with van der Waals surface area (Å²) in [5.74, 6) is 1.34. The van der Waals surface area contributed by atoms with Gasteiger partial charge in [0.25, 0.3) is 0 Å². The lowest BCUT2D eigenvalue weighted by molar-refractivity contribution is 0.154. The van der Waals surface area contributed by atoms with E-state index in [2.05, 4.69) is 41.6 Å². The van der Waals surface area contributed by atoms with Gasteiger partial charge in [-0.2, -0.15) is 0 Å². The fourth-order valence-electron chi connectivity index (χ4n) is 2.32. The summed E-state index contributed by atoms with van der Waals surface area (Å²) in [5, 5.41) is 0. The first-order valence-corrected chi connectivity index (χ1v) is 6.77. The Bertz CT molecular complexity index is 536. The van der Waals surface area contributed by atoms with Crippen molar-refractivity contribution < 1.29 is 4.74 Å². The molecule has 98 valence electrons. The number of halogens is 1. The van der Waals surface area contributed by atoms with E-state index in [0.717, 1.165) is 23.3 Å². The molecule has 0 spiro atoms. The van der Waals surface area contributed by atoms with E-state index in [1.807, 2.05) is 0 Å². The summed E-state index contributed by atoms with van der Waals surface area (Å²) in [6.07, 6.45) is 0.997. The number of aryl methyl sites for hydroxylation is 1. The number of rotatable bonds is 5. The lowest BCUT2D eigenvalue weighted by Crippen LogP contribution is -2.16. The minimum atomic E-state index is 0.288. The molecule has 18 heavy (non-hydrogen) atoms. The summed E-state index contributed by atoms with van der Waals surface area (Å²) in [6.45, 7) is 4.93. The molecule has 0 aliphatic carbocycles. The van der Waals surface area contributed by atoms with Crippen molar-refractivity contribution in [3.63, 3.8) is 0 Å². The predicted octanol–water partition coefficient (Wildman–Crippen LogP) is 3.68. The number of hydrogen-bond donors (Lipinski definition) is 0. The maximum absolute atomic E-state index is 6.02. The second-order valence-corrected chi connectivity index (χ2v) is 4.81. The van der Waals surface area contributed by atoms with Crippen LogP contribution in [-0.2, 0) is 10.6 Å². The summed E-state index contributed by atoms with van der Waals surface area (Å²) < 4.78 is 7.53. The molecule has 0 saturated carbocycles. The van der Waals surface area contributed by atoms with Gasteiger partial charge < -0.3 is 9.30 Å². The topological polar surface area (TPSA) is 27.1 Å². The van der Waals surface area contributed by atoms with Gasteiger partial charge in [-0.15, -0.1) is 11.6 Å². The molecular formula is C14H19ClN2O. The van der Waals surface area contributed by atoms with Gasteiger partial charge in [0.1, 0.15) is 5.82 Å². The van der Waals surface area contributed by atoms with Gasteiger partial charge in [0.2, 0.25) is 0 Å². The zero-order valence-corrected chi connectivity index (χ0v) is 11.9.